The molecule has 3 rings (SSSR count). The maximum absolute atomic E-state index is 12.7. The first kappa shape index (κ1) is 18.5. The molecular weight excluding hydrogens is 348 g/mol. The van der Waals surface area contributed by atoms with Crippen LogP contribution in [0.15, 0.2) is 42.6 Å². The van der Waals surface area contributed by atoms with Crippen LogP contribution in [-0.4, -0.2) is 49.0 Å². The fourth-order valence-electron chi connectivity index (χ4n) is 2.65. The number of aromatic nitrogens is 3. The molecule has 8 heteroatoms. The molecule has 27 heavy (non-hydrogen) atoms. The molecule has 8 nitrogen and oxygen atoms in total. The lowest BCUT2D eigenvalue weighted by atomic mass is 10.1. The summed E-state index contributed by atoms with van der Waals surface area (Å²) in [6, 6.07) is 11.1. The number of carbonyl (C=O) groups excluding carboxylic acids is 1. The third-order valence-electron chi connectivity index (χ3n) is 4.28. The molecule has 2 aromatic heterocycles. The molecular formula is C19H20N4O4. The number of carboxylic acid groups (broad SMARTS) is 1. The van der Waals surface area contributed by atoms with E-state index in [4.69, 9.17) is 5.11 Å². The molecule has 3 N–H and O–H groups in total. The quantitative estimate of drug-likeness (QED) is 0.609. The number of fused-ring (bicyclic) bond motifs is 1. The summed E-state index contributed by atoms with van der Waals surface area (Å²) in [5, 5.41) is 26.1. The lowest BCUT2D eigenvalue weighted by molar-refractivity contribution is -0.155. The molecule has 0 aliphatic heterocycles. The number of nitrogens with one attached hydrogen (secondary N) is 1. The van der Waals surface area contributed by atoms with Gasteiger partial charge in [0.15, 0.2) is 11.2 Å². The highest BCUT2D eigenvalue weighted by molar-refractivity contribution is 6.06. The van der Waals surface area contributed by atoms with Crippen LogP contribution in [0, 0.1) is 0 Å². The maximum atomic E-state index is 12.7. The van der Waals surface area contributed by atoms with Crippen molar-refractivity contribution in [2.24, 2.45) is 0 Å². The molecule has 2 heterocycles. The second kappa shape index (κ2) is 7.16. The summed E-state index contributed by atoms with van der Waals surface area (Å²) in [5.74, 6) is -1.91. The van der Waals surface area contributed by atoms with Gasteiger partial charge in [0.25, 0.3) is 5.91 Å². The number of rotatable bonds is 6. The fourth-order valence-corrected chi connectivity index (χ4v) is 2.65. The smallest absolute Gasteiger partial charge is 0.337 e. The summed E-state index contributed by atoms with van der Waals surface area (Å²) in [5.41, 5.74) is 0.273. The lowest BCUT2D eigenvalue weighted by Gasteiger charge is -2.18. The van der Waals surface area contributed by atoms with Crippen molar-refractivity contribution in [1.82, 2.24) is 20.1 Å². The van der Waals surface area contributed by atoms with E-state index in [0.29, 0.717) is 28.8 Å². The zero-order chi connectivity index (χ0) is 19.6. The summed E-state index contributed by atoms with van der Waals surface area (Å²) >= 11 is 0. The largest absolute Gasteiger partial charge is 0.479 e. The SMILES string of the molecule is CCn1ncc2c(C(=O)NCC(C)(O)C(=O)O)cc(-c3ccccc3)nc21. The van der Waals surface area contributed by atoms with Gasteiger partial charge in [-0.15, -0.1) is 0 Å². The Bertz CT molecular complexity index is 996. The molecule has 0 saturated heterocycles. The van der Waals surface area contributed by atoms with Crippen molar-refractivity contribution in [3.8, 4) is 11.3 Å². The standard InChI is InChI=1S/C19H20N4O4/c1-3-23-16-14(10-21-23)13(17(24)20-11-19(2,27)18(25)26)9-15(22-16)12-7-5-4-6-8-12/h4-10,27H,3,11H2,1-2H3,(H,20,24)(H,25,26). The molecule has 3 aromatic rings. The predicted molar refractivity (Wildman–Crippen MR) is 99.2 cm³/mol. The van der Waals surface area contributed by atoms with Crippen molar-refractivity contribution < 1.29 is 19.8 Å². The number of benzene rings is 1. The van der Waals surface area contributed by atoms with Gasteiger partial charge in [0, 0.05) is 12.1 Å². The molecule has 0 saturated carbocycles. The van der Waals surface area contributed by atoms with E-state index in [1.807, 2.05) is 37.3 Å². The fraction of sp³-hybridized carbons (Fsp3) is 0.263. The Kier molecular flexibility index (Phi) is 4.91. The molecule has 0 fully saturated rings. The molecule has 1 amide bonds. The number of hydrogen-bond donors (Lipinski definition) is 3. The monoisotopic (exact) mass is 368 g/mol. The number of pyridine rings is 1. The molecule has 1 atom stereocenters. The first-order chi connectivity index (χ1) is 12.8. The van der Waals surface area contributed by atoms with E-state index in [0.717, 1.165) is 12.5 Å². The van der Waals surface area contributed by atoms with Gasteiger partial charge in [0.05, 0.1) is 29.4 Å². The van der Waals surface area contributed by atoms with Crippen LogP contribution >= 0.6 is 0 Å². The number of carboxylic acids is 1. The normalized spacial score (nSPS) is 13.3. The molecule has 1 unspecified atom stereocenters. The van der Waals surface area contributed by atoms with Crippen molar-refractivity contribution in [2.75, 3.05) is 6.54 Å². The van der Waals surface area contributed by atoms with Crippen LogP contribution in [0.1, 0.15) is 24.2 Å². The minimum absolute atomic E-state index is 0.319. The van der Waals surface area contributed by atoms with Gasteiger partial charge in [-0.05, 0) is 19.9 Å². The van der Waals surface area contributed by atoms with Gasteiger partial charge in [0.2, 0.25) is 0 Å². The summed E-state index contributed by atoms with van der Waals surface area (Å²) < 4.78 is 1.69. The first-order valence-corrected chi connectivity index (χ1v) is 8.49. The number of nitrogens with zero attached hydrogens (tertiary/aromatic N) is 3. The number of aliphatic carboxylic acids is 1. The minimum Gasteiger partial charge on any atom is -0.479 e. The van der Waals surface area contributed by atoms with E-state index in [2.05, 4.69) is 15.4 Å². The van der Waals surface area contributed by atoms with Crippen molar-refractivity contribution in [3.63, 3.8) is 0 Å². The van der Waals surface area contributed by atoms with Crippen LogP contribution in [0.5, 0.6) is 0 Å². The van der Waals surface area contributed by atoms with Crippen molar-refractivity contribution in [3.05, 3.63) is 48.2 Å². The highest BCUT2D eigenvalue weighted by atomic mass is 16.4. The lowest BCUT2D eigenvalue weighted by Crippen LogP contribution is -2.46. The molecule has 0 aliphatic rings. The van der Waals surface area contributed by atoms with Crippen molar-refractivity contribution in [1.29, 1.82) is 0 Å². The first-order valence-electron chi connectivity index (χ1n) is 8.49. The Labute approximate surface area is 155 Å². The van der Waals surface area contributed by atoms with Gasteiger partial charge >= 0.3 is 5.97 Å². The molecule has 1 aromatic carbocycles. The Balaban J connectivity index is 2.04. The molecule has 0 bridgehead atoms. The minimum atomic E-state index is -2.06. The van der Waals surface area contributed by atoms with E-state index in [1.54, 1.807) is 16.9 Å². The highest BCUT2D eigenvalue weighted by Crippen LogP contribution is 2.25. The number of aryl methyl sites for hydroxylation is 1. The van der Waals surface area contributed by atoms with Crippen LogP contribution in [-0.2, 0) is 11.3 Å². The van der Waals surface area contributed by atoms with Crippen LogP contribution in [0.3, 0.4) is 0 Å². The zero-order valence-electron chi connectivity index (χ0n) is 15.0. The van der Waals surface area contributed by atoms with E-state index in [9.17, 15) is 14.7 Å². The van der Waals surface area contributed by atoms with Gasteiger partial charge in [-0.1, -0.05) is 30.3 Å². The van der Waals surface area contributed by atoms with Crippen LogP contribution in [0.4, 0.5) is 0 Å². The van der Waals surface area contributed by atoms with Gasteiger partial charge in [-0.25, -0.2) is 14.5 Å². The van der Waals surface area contributed by atoms with Crippen LogP contribution in [0.2, 0.25) is 0 Å². The van der Waals surface area contributed by atoms with Crippen molar-refractivity contribution in [2.45, 2.75) is 26.0 Å². The third kappa shape index (κ3) is 3.65. The Hall–Kier alpha value is -3.26. The van der Waals surface area contributed by atoms with Gasteiger partial charge in [0.1, 0.15) is 0 Å². The van der Waals surface area contributed by atoms with Crippen LogP contribution in [0.25, 0.3) is 22.3 Å². The highest BCUT2D eigenvalue weighted by Gasteiger charge is 2.30. The molecule has 140 valence electrons. The van der Waals surface area contributed by atoms with Gasteiger partial charge < -0.3 is 15.5 Å². The maximum Gasteiger partial charge on any atom is 0.337 e. The topological polar surface area (TPSA) is 117 Å². The van der Waals surface area contributed by atoms with E-state index in [-0.39, 0.29) is 0 Å². The van der Waals surface area contributed by atoms with E-state index in [1.165, 1.54) is 0 Å². The summed E-state index contributed by atoms with van der Waals surface area (Å²) in [4.78, 5) is 28.4. The number of hydrogen-bond acceptors (Lipinski definition) is 5. The average molecular weight is 368 g/mol. The molecule has 0 spiro atoms. The predicted octanol–water partition coefficient (Wildman–Crippen LogP) is 1.68. The summed E-state index contributed by atoms with van der Waals surface area (Å²) in [6.45, 7) is 3.21. The second-order valence-electron chi connectivity index (χ2n) is 6.38. The third-order valence-corrected chi connectivity index (χ3v) is 4.28. The number of amides is 1. The Morgan fingerprint density at radius 2 is 1.96 bits per heavy atom. The van der Waals surface area contributed by atoms with E-state index < -0.39 is 24.0 Å². The van der Waals surface area contributed by atoms with E-state index >= 15 is 0 Å². The zero-order valence-corrected chi connectivity index (χ0v) is 15.0. The number of aliphatic hydroxyl groups is 1. The molecule has 0 radical (unpaired) electrons. The van der Waals surface area contributed by atoms with Gasteiger partial charge in [-0.3, -0.25) is 4.79 Å². The van der Waals surface area contributed by atoms with Crippen LogP contribution < -0.4 is 5.32 Å². The number of carbonyl (C=O) groups is 2. The second-order valence-corrected chi connectivity index (χ2v) is 6.38. The van der Waals surface area contributed by atoms with Gasteiger partial charge in [-0.2, -0.15) is 5.10 Å². The summed E-state index contributed by atoms with van der Waals surface area (Å²) in [7, 11) is 0. The Morgan fingerprint density at radius 3 is 2.59 bits per heavy atom. The molecule has 0 aliphatic carbocycles. The van der Waals surface area contributed by atoms with Crippen molar-refractivity contribution >= 4 is 22.9 Å². The average Bonchev–Trinajstić information content (AvgIpc) is 3.09. The summed E-state index contributed by atoms with van der Waals surface area (Å²) in [6.07, 6.45) is 1.56. The Morgan fingerprint density at radius 1 is 1.26 bits per heavy atom.